The number of thiocarbonyl (C=S) groups is 1. The highest BCUT2D eigenvalue weighted by Crippen LogP contribution is 2.24. The Labute approximate surface area is 117 Å². The minimum atomic E-state index is -2.98. The Morgan fingerprint density at radius 3 is 2.79 bits per heavy atom. The summed E-state index contributed by atoms with van der Waals surface area (Å²) < 4.78 is 23.2. The molecule has 0 amide bonds. The minimum Gasteiger partial charge on any atom is -0.355 e. The van der Waals surface area contributed by atoms with Crippen LogP contribution in [-0.4, -0.2) is 48.3 Å². The minimum absolute atomic E-state index is 0.108. The van der Waals surface area contributed by atoms with Crippen LogP contribution in [0.1, 0.15) is 5.56 Å². The van der Waals surface area contributed by atoms with Crippen molar-refractivity contribution in [1.29, 1.82) is 0 Å². The summed E-state index contributed by atoms with van der Waals surface area (Å²) in [6, 6.07) is 9.31. The second-order valence-electron chi connectivity index (χ2n) is 4.70. The summed E-state index contributed by atoms with van der Waals surface area (Å²) in [4.78, 5) is 0. The molecule has 5 nitrogen and oxygen atoms in total. The van der Waals surface area contributed by atoms with E-state index in [4.69, 9.17) is 12.2 Å². The molecular weight excluding hydrogens is 282 g/mol. The molecule has 2 atom stereocenters. The molecule has 0 spiro atoms. The van der Waals surface area contributed by atoms with Crippen molar-refractivity contribution in [1.82, 2.24) is 10.3 Å². The molecule has 2 saturated heterocycles. The van der Waals surface area contributed by atoms with Gasteiger partial charge in [0.1, 0.15) is 0 Å². The molecule has 7 heteroatoms. The molecule has 1 aromatic carbocycles. The van der Waals surface area contributed by atoms with Gasteiger partial charge < -0.3 is 5.32 Å². The molecule has 0 saturated carbocycles. The predicted octanol–water partition coefficient (Wildman–Crippen LogP) is 0.376. The maximum absolute atomic E-state index is 11.6. The van der Waals surface area contributed by atoms with Crippen LogP contribution in [0.3, 0.4) is 0 Å². The van der Waals surface area contributed by atoms with Gasteiger partial charge in [0.25, 0.3) is 0 Å². The first kappa shape index (κ1) is 12.6. The maximum atomic E-state index is 11.6. The van der Waals surface area contributed by atoms with E-state index in [1.165, 1.54) is 0 Å². The predicted molar refractivity (Wildman–Crippen MR) is 77.8 cm³/mol. The Hall–Kier alpha value is -1.47. The number of hydrogen-bond donors (Lipinski definition) is 1. The molecule has 19 heavy (non-hydrogen) atoms. The van der Waals surface area contributed by atoms with Crippen molar-refractivity contribution >= 4 is 33.4 Å². The summed E-state index contributed by atoms with van der Waals surface area (Å²) in [5, 5.41) is 9.45. The third-order valence-electron chi connectivity index (χ3n) is 3.28. The van der Waals surface area contributed by atoms with Crippen LogP contribution in [0, 0.1) is 0 Å². The maximum Gasteiger partial charge on any atom is 0.190 e. The smallest absolute Gasteiger partial charge is 0.190 e. The van der Waals surface area contributed by atoms with Crippen molar-refractivity contribution in [2.45, 2.75) is 12.1 Å². The van der Waals surface area contributed by atoms with E-state index in [-0.39, 0.29) is 23.6 Å². The van der Waals surface area contributed by atoms with Crippen molar-refractivity contribution in [3.8, 4) is 0 Å². The first-order valence-electron chi connectivity index (χ1n) is 5.94. The zero-order valence-electron chi connectivity index (χ0n) is 10.1. The lowest BCUT2D eigenvalue weighted by atomic mass is 10.2. The van der Waals surface area contributed by atoms with Crippen molar-refractivity contribution in [3.63, 3.8) is 0 Å². The van der Waals surface area contributed by atoms with Crippen molar-refractivity contribution in [2.24, 2.45) is 5.10 Å². The lowest BCUT2D eigenvalue weighted by molar-refractivity contribution is 0.374. The highest BCUT2D eigenvalue weighted by Gasteiger charge is 2.47. The van der Waals surface area contributed by atoms with Crippen LogP contribution >= 0.6 is 12.2 Å². The summed E-state index contributed by atoms with van der Waals surface area (Å²) in [6.07, 6.45) is 1.70. The van der Waals surface area contributed by atoms with E-state index >= 15 is 0 Å². The van der Waals surface area contributed by atoms with Gasteiger partial charge in [0, 0.05) is 0 Å². The SMILES string of the molecule is O=S1(=O)C[C@H]2NC(=S)N(N=Cc3ccccc3)[C@H]2C1. The Kier molecular flexibility index (Phi) is 3.02. The molecule has 0 unspecified atom stereocenters. The fraction of sp³-hybridized carbons (Fsp3) is 0.333. The molecule has 1 N–H and O–H groups in total. The number of rotatable bonds is 2. The molecule has 0 aromatic heterocycles. The molecule has 2 heterocycles. The standard InChI is InChI=1S/C12H13N3O2S2/c16-19(17)7-10-11(8-19)15(12(18)14-10)13-6-9-4-2-1-3-5-9/h1-6,10-11H,7-8H2,(H,14,18)/t10-,11+/m1/s1. The first-order valence-corrected chi connectivity index (χ1v) is 8.17. The van der Waals surface area contributed by atoms with Crippen molar-refractivity contribution < 1.29 is 8.42 Å². The Bertz CT molecular complexity index is 628. The number of sulfone groups is 1. The molecule has 0 bridgehead atoms. The number of benzene rings is 1. The highest BCUT2D eigenvalue weighted by molar-refractivity contribution is 7.91. The fourth-order valence-electron chi connectivity index (χ4n) is 2.39. The molecule has 2 aliphatic rings. The third-order valence-corrected chi connectivity index (χ3v) is 5.31. The van der Waals surface area contributed by atoms with Crippen LogP contribution in [0.5, 0.6) is 0 Å². The van der Waals surface area contributed by atoms with Gasteiger partial charge in [-0.25, -0.2) is 13.4 Å². The zero-order valence-corrected chi connectivity index (χ0v) is 11.7. The van der Waals surface area contributed by atoms with Gasteiger partial charge in [-0.2, -0.15) is 5.10 Å². The van der Waals surface area contributed by atoms with E-state index in [9.17, 15) is 8.42 Å². The summed E-state index contributed by atoms with van der Waals surface area (Å²) in [7, 11) is -2.98. The van der Waals surface area contributed by atoms with Crippen molar-refractivity contribution in [3.05, 3.63) is 35.9 Å². The van der Waals surface area contributed by atoms with Crippen LogP contribution in [0.15, 0.2) is 35.4 Å². The Morgan fingerprint density at radius 2 is 2.05 bits per heavy atom. The van der Waals surface area contributed by atoms with Crippen LogP contribution in [-0.2, 0) is 9.84 Å². The lowest BCUT2D eigenvalue weighted by Crippen LogP contribution is -2.32. The average molecular weight is 295 g/mol. The van der Waals surface area contributed by atoms with E-state index in [1.54, 1.807) is 11.2 Å². The van der Waals surface area contributed by atoms with E-state index in [2.05, 4.69) is 10.4 Å². The van der Waals surface area contributed by atoms with Gasteiger partial charge in [-0.15, -0.1) is 0 Å². The van der Waals surface area contributed by atoms with E-state index in [0.717, 1.165) is 5.56 Å². The normalized spacial score (nSPS) is 28.6. The molecule has 0 aliphatic carbocycles. The third kappa shape index (κ3) is 2.48. The molecule has 100 valence electrons. The van der Waals surface area contributed by atoms with Gasteiger partial charge >= 0.3 is 0 Å². The molecule has 2 fully saturated rings. The lowest BCUT2D eigenvalue weighted by Gasteiger charge is -2.16. The zero-order chi connectivity index (χ0) is 13.5. The van der Waals surface area contributed by atoms with Crippen LogP contribution in [0.4, 0.5) is 0 Å². The van der Waals surface area contributed by atoms with Crippen molar-refractivity contribution in [2.75, 3.05) is 11.5 Å². The van der Waals surface area contributed by atoms with Crippen LogP contribution in [0.25, 0.3) is 0 Å². The second kappa shape index (κ2) is 4.57. The summed E-state index contributed by atoms with van der Waals surface area (Å²) in [5.41, 5.74) is 0.953. The van der Waals surface area contributed by atoms with E-state index in [0.29, 0.717) is 5.11 Å². The van der Waals surface area contributed by atoms with Crippen LogP contribution in [0.2, 0.25) is 0 Å². The molecule has 2 aliphatic heterocycles. The van der Waals surface area contributed by atoms with Gasteiger partial charge in [0.15, 0.2) is 14.9 Å². The fourth-order valence-corrected chi connectivity index (χ4v) is 4.61. The number of nitrogens with one attached hydrogen (secondary N) is 1. The average Bonchev–Trinajstić information content (AvgIpc) is 2.79. The first-order chi connectivity index (χ1) is 9.05. The summed E-state index contributed by atoms with van der Waals surface area (Å²) in [5.74, 6) is 0.242. The Morgan fingerprint density at radius 1 is 1.32 bits per heavy atom. The Balaban J connectivity index is 1.81. The van der Waals surface area contributed by atoms with Gasteiger partial charge in [-0.3, -0.25) is 0 Å². The second-order valence-corrected chi connectivity index (χ2v) is 7.24. The number of hydrazone groups is 1. The summed E-state index contributed by atoms with van der Waals surface area (Å²) in [6.45, 7) is 0. The molecule has 1 aromatic rings. The topological polar surface area (TPSA) is 61.8 Å². The quantitative estimate of drug-likeness (QED) is 0.631. The summed E-state index contributed by atoms with van der Waals surface area (Å²) >= 11 is 5.19. The number of hydrogen-bond acceptors (Lipinski definition) is 4. The van der Waals surface area contributed by atoms with Gasteiger partial charge in [-0.1, -0.05) is 30.3 Å². The van der Waals surface area contributed by atoms with Gasteiger partial charge in [-0.05, 0) is 17.8 Å². The van der Waals surface area contributed by atoms with E-state index in [1.807, 2.05) is 30.3 Å². The van der Waals surface area contributed by atoms with Gasteiger partial charge in [0.05, 0.1) is 29.8 Å². The molecule has 0 radical (unpaired) electrons. The van der Waals surface area contributed by atoms with Crippen LogP contribution < -0.4 is 5.32 Å². The monoisotopic (exact) mass is 295 g/mol. The van der Waals surface area contributed by atoms with Gasteiger partial charge in [0.2, 0.25) is 0 Å². The highest BCUT2D eigenvalue weighted by atomic mass is 32.2. The van der Waals surface area contributed by atoms with E-state index < -0.39 is 9.84 Å². The molecule has 3 rings (SSSR count). The molecular formula is C12H13N3O2S2. The number of nitrogens with zero attached hydrogens (tertiary/aromatic N) is 2. The largest absolute Gasteiger partial charge is 0.355 e. The number of fused-ring (bicyclic) bond motifs is 1.